The van der Waals surface area contributed by atoms with Crippen molar-refractivity contribution in [2.24, 2.45) is 5.92 Å². The van der Waals surface area contributed by atoms with Gasteiger partial charge in [0.2, 0.25) is 0 Å². The SMILES string of the molecule is Cc1ccc(N)c(N(C)C(C)C2CC2)n1. The van der Waals surface area contributed by atoms with E-state index < -0.39 is 0 Å². The van der Waals surface area contributed by atoms with Crippen molar-refractivity contribution >= 4 is 11.5 Å². The minimum Gasteiger partial charge on any atom is -0.396 e. The van der Waals surface area contributed by atoms with Crippen LogP contribution < -0.4 is 10.6 Å². The molecule has 1 saturated carbocycles. The second-order valence-corrected chi connectivity index (χ2v) is 4.55. The van der Waals surface area contributed by atoms with Crippen LogP contribution in [0.25, 0.3) is 0 Å². The van der Waals surface area contributed by atoms with E-state index in [1.165, 1.54) is 12.8 Å². The van der Waals surface area contributed by atoms with Crippen molar-refractivity contribution in [2.45, 2.75) is 32.7 Å². The summed E-state index contributed by atoms with van der Waals surface area (Å²) in [6.45, 7) is 4.25. The molecule has 15 heavy (non-hydrogen) atoms. The van der Waals surface area contributed by atoms with Crippen molar-refractivity contribution in [2.75, 3.05) is 17.7 Å². The third-order valence-electron chi connectivity index (χ3n) is 3.29. The van der Waals surface area contributed by atoms with Crippen molar-refractivity contribution < 1.29 is 0 Å². The Morgan fingerprint density at radius 1 is 1.47 bits per heavy atom. The van der Waals surface area contributed by atoms with Gasteiger partial charge in [-0.05, 0) is 44.7 Å². The number of pyridine rings is 1. The van der Waals surface area contributed by atoms with Gasteiger partial charge in [0, 0.05) is 18.8 Å². The molecule has 0 aliphatic heterocycles. The lowest BCUT2D eigenvalue weighted by atomic mass is 10.2. The molecule has 1 aromatic rings. The highest BCUT2D eigenvalue weighted by Crippen LogP contribution is 2.36. The molecule has 2 rings (SSSR count). The first-order chi connectivity index (χ1) is 7.09. The summed E-state index contributed by atoms with van der Waals surface area (Å²) >= 11 is 0. The van der Waals surface area contributed by atoms with Crippen molar-refractivity contribution in [3.8, 4) is 0 Å². The Hall–Kier alpha value is -1.25. The van der Waals surface area contributed by atoms with Crippen molar-refractivity contribution in [3.63, 3.8) is 0 Å². The summed E-state index contributed by atoms with van der Waals surface area (Å²) < 4.78 is 0. The molecule has 1 aliphatic rings. The Morgan fingerprint density at radius 2 is 2.13 bits per heavy atom. The number of nitrogens with two attached hydrogens (primary N) is 1. The molecule has 0 bridgehead atoms. The Bertz CT molecular complexity index is 358. The first-order valence-electron chi connectivity index (χ1n) is 5.55. The third-order valence-corrected chi connectivity index (χ3v) is 3.29. The van der Waals surface area contributed by atoms with E-state index in [0.29, 0.717) is 6.04 Å². The molecular formula is C12H19N3. The quantitative estimate of drug-likeness (QED) is 0.822. The molecule has 3 nitrogen and oxygen atoms in total. The number of nitrogen functional groups attached to an aromatic ring is 1. The molecule has 2 N–H and O–H groups in total. The minimum atomic E-state index is 0.543. The normalized spacial score (nSPS) is 17.5. The number of aryl methyl sites for hydroxylation is 1. The molecule has 0 amide bonds. The first-order valence-corrected chi connectivity index (χ1v) is 5.55. The van der Waals surface area contributed by atoms with E-state index in [9.17, 15) is 0 Å². The lowest BCUT2D eigenvalue weighted by Crippen LogP contribution is -2.32. The lowest BCUT2D eigenvalue weighted by Gasteiger charge is -2.27. The molecule has 0 radical (unpaired) electrons. The average molecular weight is 205 g/mol. The summed E-state index contributed by atoms with van der Waals surface area (Å²) in [6.07, 6.45) is 2.69. The van der Waals surface area contributed by atoms with Crippen LogP contribution >= 0.6 is 0 Å². The second kappa shape index (κ2) is 3.72. The molecule has 1 unspecified atom stereocenters. The zero-order valence-electron chi connectivity index (χ0n) is 9.70. The number of hydrogen-bond acceptors (Lipinski definition) is 3. The van der Waals surface area contributed by atoms with Crippen LogP contribution in [-0.2, 0) is 0 Å². The highest BCUT2D eigenvalue weighted by molar-refractivity contribution is 5.63. The number of aromatic nitrogens is 1. The van der Waals surface area contributed by atoms with Crippen LogP contribution in [0.5, 0.6) is 0 Å². The zero-order chi connectivity index (χ0) is 11.0. The first kappa shape index (κ1) is 10.3. The second-order valence-electron chi connectivity index (χ2n) is 4.55. The van der Waals surface area contributed by atoms with E-state index in [-0.39, 0.29) is 0 Å². The number of hydrogen-bond donors (Lipinski definition) is 1. The molecule has 1 aromatic heterocycles. The Balaban J connectivity index is 2.23. The van der Waals surface area contributed by atoms with Gasteiger partial charge in [0.25, 0.3) is 0 Å². The number of anilines is 2. The van der Waals surface area contributed by atoms with Crippen molar-refractivity contribution in [1.82, 2.24) is 4.98 Å². The van der Waals surface area contributed by atoms with Crippen LogP contribution in [0.1, 0.15) is 25.5 Å². The minimum absolute atomic E-state index is 0.543. The fourth-order valence-electron chi connectivity index (χ4n) is 1.92. The fourth-order valence-corrected chi connectivity index (χ4v) is 1.92. The summed E-state index contributed by atoms with van der Waals surface area (Å²) in [7, 11) is 2.08. The maximum Gasteiger partial charge on any atom is 0.152 e. The van der Waals surface area contributed by atoms with Crippen molar-refractivity contribution in [3.05, 3.63) is 17.8 Å². The maximum absolute atomic E-state index is 5.94. The maximum atomic E-state index is 5.94. The molecule has 3 heteroatoms. The molecule has 0 spiro atoms. The molecule has 82 valence electrons. The monoisotopic (exact) mass is 205 g/mol. The van der Waals surface area contributed by atoms with Gasteiger partial charge in [-0.15, -0.1) is 0 Å². The summed E-state index contributed by atoms with van der Waals surface area (Å²) in [6, 6.07) is 4.43. The summed E-state index contributed by atoms with van der Waals surface area (Å²) in [4.78, 5) is 6.71. The van der Waals surface area contributed by atoms with Crippen LogP contribution in [0.15, 0.2) is 12.1 Å². The topological polar surface area (TPSA) is 42.1 Å². The van der Waals surface area contributed by atoms with Gasteiger partial charge in [0.15, 0.2) is 5.82 Å². The molecule has 0 aromatic carbocycles. The van der Waals surface area contributed by atoms with Crippen LogP contribution in [0.3, 0.4) is 0 Å². The molecule has 1 atom stereocenters. The molecule has 1 fully saturated rings. The summed E-state index contributed by atoms with van der Waals surface area (Å²) in [5.41, 5.74) is 7.74. The smallest absolute Gasteiger partial charge is 0.152 e. The number of nitrogens with zero attached hydrogens (tertiary/aromatic N) is 2. The highest BCUT2D eigenvalue weighted by atomic mass is 15.2. The molecule has 0 saturated heterocycles. The number of rotatable bonds is 3. The van der Waals surface area contributed by atoms with Gasteiger partial charge in [-0.2, -0.15) is 0 Å². The predicted molar refractivity (Wildman–Crippen MR) is 64.0 cm³/mol. The van der Waals surface area contributed by atoms with E-state index in [1.807, 2.05) is 19.1 Å². The van der Waals surface area contributed by atoms with Gasteiger partial charge in [0.1, 0.15) is 0 Å². The van der Waals surface area contributed by atoms with E-state index in [2.05, 4.69) is 23.9 Å². The van der Waals surface area contributed by atoms with Crippen molar-refractivity contribution in [1.29, 1.82) is 0 Å². The molecule has 1 aliphatic carbocycles. The zero-order valence-corrected chi connectivity index (χ0v) is 9.70. The van der Waals surface area contributed by atoms with Crippen LogP contribution in [-0.4, -0.2) is 18.1 Å². The highest BCUT2D eigenvalue weighted by Gasteiger charge is 2.31. The summed E-state index contributed by atoms with van der Waals surface area (Å²) in [5.74, 6) is 1.76. The molecular weight excluding hydrogens is 186 g/mol. The van der Waals surface area contributed by atoms with Gasteiger partial charge in [-0.3, -0.25) is 0 Å². The van der Waals surface area contributed by atoms with E-state index >= 15 is 0 Å². The van der Waals surface area contributed by atoms with Gasteiger partial charge < -0.3 is 10.6 Å². The lowest BCUT2D eigenvalue weighted by molar-refractivity contribution is 0.604. The Morgan fingerprint density at radius 3 is 2.73 bits per heavy atom. The fraction of sp³-hybridized carbons (Fsp3) is 0.583. The summed E-state index contributed by atoms with van der Waals surface area (Å²) in [5, 5.41) is 0. The van der Waals surface area contributed by atoms with E-state index in [1.54, 1.807) is 0 Å². The molecule has 1 heterocycles. The Labute approximate surface area is 91.3 Å². The van der Waals surface area contributed by atoms with Gasteiger partial charge in [0.05, 0.1) is 5.69 Å². The Kier molecular flexibility index (Phi) is 2.55. The van der Waals surface area contributed by atoms with Gasteiger partial charge in [-0.1, -0.05) is 0 Å². The van der Waals surface area contributed by atoms with Gasteiger partial charge >= 0.3 is 0 Å². The predicted octanol–water partition coefficient (Wildman–Crippen LogP) is 2.21. The average Bonchev–Trinajstić information content (AvgIpc) is 3.03. The van der Waals surface area contributed by atoms with E-state index in [4.69, 9.17) is 5.73 Å². The van der Waals surface area contributed by atoms with Crippen LogP contribution in [0.4, 0.5) is 11.5 Å². The standard InChI is InChI=1S/C12H19N3/c1-8-4-7-11(13)12(14-8)15(3)9(2)10-5-6-10/h4,7,9-10H,5-6,13H2,1-3H3. The van der Waals surface area contributed by atoms with Crippen LogP contribution in [0.2, 0.25) is 0 Å². The van der Waals surface area contributed by atoms with Gasteiger partial charge in [-0.25, -0.2) is 4.98 Å². The van der Waals surface area contributed by atoms with Crippen LogP contribution in [0, 0.1) is 12.8 Å². The van der Waals surface area contributed by atoms with E-state index in [0.717, 1.165) is 23.1 Å². The largest absolute Gasteiger partial charge is 0.396 e. The third kappa shape index (κ3) is 2.06.